The number of methoxy groups -OCH3 is 1. The molecule has 1 rings (SSSR count). The monoisotopic (exact) mass is 184 g/mol. The molecule has 0 saturated carbocycles. The summed E-state index contributed by atoms with van der Waals surface area (Å²) < 4.78 is 17.5. The van der Waals surface area contributed by atoms with Gasteiger partial charge in [-0.2, -0.15) is 0 Å². The highest BCUT2D eigenvalue weighted by molar-refractivity contribution is 5.72. The molecule has 0 radical (unpaired) electrons. The number of hydrogen-bond acceptors (Lipinski definition) is 4. The van der Waals surface area contributed by atoms with E-state index < -0.39 is 11.8 Å². The van der Waals surface area contributed by atoms with Crippen molar-refractivity contribution in [2.75, 3.05) is 12.8 Å². The number of ether oxygens (including phenoxy) is 1. The van der Waals surface area contributed by atoms with E-state index in [9.17, 15) is 9.18 Å². The molecule has 0 saturated heterocycles. The van der Waals surface area contributed by atoms with Crippen LogP contribution in [0.4, 0.5) is 10.2 Å². The van der Waals surface area contributed by atoms with Crippen LogP contribution in [0.25, 0.3) is 0 Å². The van der Waals surface area contributed by atoms with Crippen molar-refractivity contribution >= 4 is 11.8 Å². The zero-order chi connectivity index (χ0) is 9.84. The Balaban J connectivity index is 2.89. The smallest absolute Gasteiger partial charge is 0.310 e. The van der Waals surface area contributed by atoms with Crippen LogP contribution in [0.1, 0.15) is 5.56 Å². The van der Waals surface area contributed by atoms with Gasteiger partial charge in [-0.1, -0.05) is 0 Å². The van der Waals surface area contributed by atoms with Crippen LogP contribution >= 0.6 is 0 Å². The van der Waals surface area contributed by atoms with Gasteiger partial charge in [0.15, 0.2) is 11.6 Å². The van der Waals surface area contributed by atoms with Crippen molar-refractivity contribution in [3.63, 3.8) is 0 Å². The molecule has 0 atom stereocenters. The van der Waals surface area contributed by atoms with E-state index in [-0.39, 0.29) is 17.8 Å². The van der Waals surface area contributed by atoms with Crippen molar-refractivity contribution in [3.05, 3.63) is 23.6 Å². The molecular weight excluding hydrogens is 175 g/mol. The van der Waals surface area contributed by atoms with Gasteiger partial charge in [-0.25, -0.2) is 9.37 Å². The summed E-state index contributed by atoms with van der Waals surface area (Å²) in [5.41, 5.74) is 5.39. The topological polar surface area (TPSA) is 65.2 Å². The number of rotatable bonds is 2. The Kier molecular flexibility index (Phi) is 2.79. The number of nitrogens with two attached hydrogens (primary N) is 1. The lowest BCUT2D eigenvalue weighted by molar-refractivity contribution is -0.139. The summed E-state index contributed by atoms with van der Waals surface area (Å²) in [5, 5.41) is 0. The summed E-state index contributed by atoms with van der Waals surface area (Å²) in [6, 6.07) is 1.39. The molecular formula is C8H9FN2O2. The fourth-order valence-electron chi connectivity index (χ4n) is 0.866. The van der Waals surface area contributed by atoms with Crippen LogP contribution in [0.3, 0.4) is 0 Å². The molecule has 4 nitrogen and oxygen atoms in total. The van der Waals surface area contributed by atoms with Gasteiger partial charge >= 0.3 is 5.97 Å². The van der Waals surface area contributed by atoms with Gasteiger partial charge in [-0.3, -0.25) is 4.79 Å². The van der Waals surface area contributed by atoms with E-state index in [1.165, 1.54) is 19.4 Å². The Labute approximate surface area is 74.5 Å². The Morgan fingerprint density at radius 3 is 3.08 bits per heavy atom. The van der Waals surface area contributed by atoms with Crippen molar-refractivity contribution in [3.8, 4) is 0 Å². The summed E-state index contributed by atoms with van der Waals surface area (Å²) >= 11 is 0. The number of aromatic nitrogens is 1. The van der Waals surface area contributed by atoms with E-state index in [2.05, 4.69) is 9.72 Å². The number of carbonyl (C=O) groups is 1. The van der Waals surface area contributed by atoms with E-state index in [1.807, 2.05) is 0 Å². The minimum atomic E-state index is -0.659. The van der Waals surface area contributed by atoms with Crippen molar-refractivity contribution < 1.29 is 13.9 Å². The van der Waals surface area contributed by atoms with Crippen molar-refractivity contribution in [1.82, 2.24) is 4.98 Å². The number of carbonyl (C=O) groups excluding carboxylic acids is 1. The fraction of sp³-hybridized carbons (Fsp3) is 0.250. The lowest BCUT2D eigenvalue weighted by Gasteiger charge is -2.02. The summed E-state index contributed by atoms with van der Waals surface area (Å²) in [4.78, 5) is 14.3. The van der Waals surface area contributed by atoms with Crippen molar-refractivity contribution in [2.45, 2.75) is 6.42 Å². The molecule has 0 aromatic carbocycles. The maximum absolute atomic E-state index is 13.1. The van der Waals surface area contributed by atoms with E-state index >= 15 is 0 Å². The number of halogens is 1. The maximum Gasteiger partial charge on any atom is 0.310 e. The molecule has 0 fully saturated rings. The highest BCUT2D eigenvalue weighted by Gasteiger charge is 2.10. The average Bonchev–Trinajstić information content (AvgIpc) is 2.13. The Morgan fingerprint density at radius 2 is 2.46 bits per heavy atom. The standard InChI is InChI=1S/C8H9FN2O2/c1-13-6(12)4-5-2-3-11-8(10)7(5)9/h2-3H,4H2,1H3,(H2,10,11). The fourth-order valence-corrected chi connectivity index (χ4v) is 0.866. The first kappa shape index (κ1) is 9.44. The molecule has 0 aliphatic rings. The van der Waals surface area contributed by atoms with Crippen molar-refractivity contribution in [1.29, 1.82) is 0 Å². The molecule has 2 N–H and O–H groups in total. The number of nitrogen functional groups attached to an aromatic ring is 1. The number of hydrogen-bond donors (Lipinski definition) is 1. The van der Waals surface area contributed by atoms with Crippen LogP contribution in [-0.2, 0) is 16.0 Å². The predicted octanol–water partition coefficient (Wildman–Crippen LogP) is 0.518. The highest BCUT2D eigenvalue weighted by atomic mass is 19.1. The molecule has 0 amide bonds. The van der Waals surface area contributed by atoms with Crippen LogP contribution in [0.2, 0.25) is 0 Å². The third kappa shape index (κ3) is 2.14. The molecule has 1 aromatic heterocycles. The second-order valence-electron chi connectivity index (χ2n) is 2.42. The molecule has 0 spiro atoms. The van der Waals surface area contributed by atoms with Gasteiger partial charge in [-0.05, 0) is 6.07 Å². The Bertz CT molecular complexity index is 328. The minimum Gasteiger partial charge on any atom is -0.469 e. The van der Waals surface area contributed by atoms with Gasteiger partial charge < -0.3 is 10.5 Å². The molecule has 5 heteroatoms. The maximum atomic E-state index is 13.1. The Hall–Kier alpha value is -1.65. The van der Waals surface area contributed by atoms with Gasteiger partial charge in [0.05, 0.1) is 13.5 Å². The number of anilines is 1. The molecule has 1 aromatic rings. The van der Waals surface area contributed by atoms with E-state index in [0.29, 0.717) is 0 Å². The third-order valence-electron chi connectivity index (χ3n) is 1.56. The van der Waals surface area contributed by atoms with E-state index in [4.69, 9.17) is 5.73 Å². The first-order chi connectivity index (χ1) is 6.15. The summed E-state index contributed by atoms with van der Waals surface area (Å²) in [5.74, 6) is -1.38. The summed E-state index contributed by atoms with van der Waals surface area (Å²) in [6.45, 7) is 0. The zero-order valence-electron chi connectivity index (χ0n) is 7.08. The molecule has 0 unspecified atom stereocenters. The van der Waals surface area contributed by atoms with Crippen LogP contribution in [0, 0.1) is 5.82 Å². The molecule has 13 heavy (non-hydrogen) atoms. The highest BCUT2D eigenvalue weighted by Crippen LogP contribution is 2.12. The van der Waals surface area contributed by atoms with Gasteiger partial charge in [-0.15, -0.1) is 0 Å². The zero-order valence-corrected chi connectivity index (χ0v) is 7.08. The van der Waals surface area contributed by atoms with Gasteiger partial charge in [0.1, 0.15) is 0 Å². The Morgan fingerprint density at radius 1 is 1.77 bits per heavy atom. The van der Waals surface area contributed by atoms with Crippen LogP contribution in [0.15, 0.2) is 12.3 Å². The molecule has 0 aliphatic heterocycles. The average molecular weight is 184 g/mol. The molecule has 1 heterocycles. The first-order valence-corrected chi connectivity index (χ1v) is 3.61. The largest absolute Gasteiger partial charge is 0.469 e. The quantitative estimate of drug-likeness (QED) is 0.680. The minimum absolute atomic E-state index is 0.130. The van der Waals surface area contributed by atoms with Crippen LogP contribution in [0.5, 0.6) is 0 Å². The summed E-state index contributed by atoms with van der Waals surface area (Å²) in [6.07, 6.45) is 1.21. The SMILES string of the molecule is COC(=O)Cc1ccnc(N)c1F. The van der Waals surface area contributed by atoms with Gasteiger partial charge in [0, 0.05) is 11.8 Å². The number of pyridine rings is 1. The number of nitrogens with zero attached hydrogens (tertiary/aromatic N) is 1. The van der Waals surface area contributed by atoms with E-state index in [0.717, 1.165) is 0 Å². The normalized spacial score (nSPS) is 9.69. The van der Waals surface area contributed by atoms with Crippen LogP contribution in [-0.4, -0.2) is 18.1 Å². The number of esters is 1. The lowest BCUT2D eigenvalue weighted by atomic mass is 10.2. The first-order valence-electron chi connectivity index (χ1n) is 3.61. The second kappa shape index (κ2) is 3.84. The summed E-state index contributed by atoms with van der Waals surface area (Å²) in [7, 11) is 1.24. The molecule has 0 bridgehead atoms. The molecule has 70 valence electrons. The van der Waals surface area contributed by atoms with Crippen molar-refractivity contribution in [2.24, 2.45) is 0 Å². The predicted molar refractivity (Wildman–Crippen MR) is 44.3 cm³/mol. The molecule has 0 aliphatic carbocycles. The van der Waals surface area contributed by atoms with Gasteiger partial charge in [0.2, 0.25) is 0 Å². The lowest BCUT2D eigenvalue weighted by Crippen LogP contribution is -2.08. The van der Waals surface area contributed by atoms with E-state index in [1.54, 1.807) is 0 Å². The van der Waals surface area contributed by atoms with Gasteiger partial charge in [0.25, 0.3) is 0 Å². The second-order valence-corrected chi connectivity index (χ2v) is 2.42. The van der Waals surface area contributed by atoms with Crippen LogP contribution < -0.4 is 5.73 Å². The third-order valence-corrected chi connectivity index (χ3v) is 1.56.